The van der Waals surface area contributed by atoms with Crippen LogP contribution in [-0.4, -0.2) is 41.4 Å². The second-order valence-electron chi connectivity index (χ2n) is 8.75. The molecule has 3 aliphatic rings. The minimum atomic E-state index is -0.427. The predicted molar refractivity (Wildman–Crippen MR) is 116 cm³/mol. The number of piperidine rings is 1. The van der Waals surface area contributed by atoms with Crippen LogP contribution >= 0.6 is 0 Å². The molecule has 1 aromatic rings. The molecular formula is C24H33N3O3. The lowest BCUT2D eigenvalue weighted by atomic mass is 10.0. The average Bonchev–Trinajstić information content (AvgIpc) is 2.89. The Balaban J connectivity index is 1.47. The zero-order valence-corrected chi connectivity index (χ0v) is 17.9. The first-order valence-corrected chi connectivity index (χ1v) is 11.4. The Bertz CT molecular complexity index is 822. The van der Waals surface area contributed by atoms with Crippen LogP contribution in [0.5, 0.6) is 5.75 Å². The van der Waals surface area contributed by atoms with Crippen molar-refractivity contribution in [3.8, 4) is 5.75 Å². The molecule has 1 aromatic carbocycles. The number of ether oxygens (including phenoxy) is 1. The molecule has 162 valence electrons. The molecule has 30 heavy (non-hydrogen) atoms. The van der Waals surface area contributed by atoms with Crippen molar-refractivity contribution in [2.45, 2.75) is 83.0 Å². The molecule has 6 nitrogen and oxygen atoms in total. The Morgan fingerprint density at radius 2 is 2.03 bits per heavy atom. The quantitative estimate of drug-likeness (QED) is 0.703. The van der Waals surface area contributed by atoms with E-state index in [0.717, 1.165) is 42.8 Å². The van der Waals surface area contributed by atoms with Gasteiger partial charge in [-0.15, -0.1) is 0 Å². The van der Waals surface area contributed by atoms with E-state index in [-0.39, 0.29) is 17.9 Å². The van der Waals surface area contributed by atoms with Crippen LogP contribution in [0.1, 0.15) is 74.2 Å². The number of hydrogen-bond acceptors (Lipinski definition) is 4. The fraction of sp³-hybridized carbons (Fsp3) is 0.583. The Labute approximate surface area is 179 Å². The summed E-state index contributed by atoms with van der Waals surface area (Å²) in [6.45, 7) is 7.48. The van der Waals surface area contributed by atoms with Crippen LogP contribution in [0.15, 0.2) is 30.5 Å². The lowest BCUT2D eigenvalue weighted by Gasteiger charge is -2.30. The molecule has 2 fully saturated rings. The van der Waals surface area contributed by atoms with Crippen LogP contribution in [0.2, 0.25) is 0 Å². The number of carbonyl (C=O) groups is 2. The summed E-state index contributed by atoms with van der Waals surface area (Å²) in [5.41, 5.74) is 2.35. The molecule has 1 saturated carbocycles. The molecule has 1 unspecified atom stereocenters. The van der Waals surface area contributed by atoms with Crippen molar-refractivity contribution in [3.63, 3.8) is 0 Å². The topological polar surface area (TPSA) is 70.7 Å². The lowest BCUT2D eigenvalue weighted by Crippen LogP contribution is -2.49. The highest BCUT2D eigenvalue weighted by Gasteiger charge is 2.38. The van der Waals surface area contributed by atoms with Gasteiger partial charge in [-0.25, -0.2) is 0 Å². The molecule has 2 amide bonds. The van der Waals surface area contributed by atoms with Crippen LogP contribution in [0.25, 0.3) is 0 Å². The molecule has 1 saturated heterocycles. The van der Waals surface area contributed by atoms with E-state index in [0.29, 0.717) is 31.0 Å². The van der Waals surface area contributed by atoms with Gasteiger partial charge in [0.1, 0.15) is 17.9 Å². The summed E-state index contributed by atoms with van der Waals surface area (Å²) in [5.74, 6) is 0.619. The summed E-state index contributed by atoms with van der Waals surface area (Å²) < 4.78 is 6.44. The second kappa shape index (κ2) is 9.21. The zero-order valence-electron chi connectivity index (χ0n) is 17.9. The van der Waals surface area contributed by atoms with Crippen molar-refractivity contribution in [2.75, 3.05) is 6.54 Å². The third-order valence-electron chi connectivity index (χ3n) is 6.50. The van der Waals surface area contributed by atoms with Gasteiger partial charge in [0.2, 0.25) is 5.91 Å². The molecule has 0 aromatic heterocycles. The number of allylic oxidation sites excluding steroid dienone is 1. The fourth-order valence-corrected chi connectivity index (χ4v) is 4.86. The average molecular weight is 412 g/mol. The fourth-order valence-electron chi connectivity index (χ4n) is 4.86. The Morgan fingerprint density at radius 1 is 1.20 bits per heavy atom. The minimum Gasteiger partial charge on any atom is -0.489 e. The molecule has 1 aliphatic carbocycles. The summed E-state index contributed by atoms with van der Waals surface area (Å²) in [6, 6.07) is 5.71. The van der Waals surface area contributed by atoms with E-state index in [1.165, 1.54) is 19.3 Å². The van der Waals surface area contributed by atoms with Gasteiger partial charge >= 0.3 is 0 Å². The molecule has 2 heterocycles. The monoisotopic (exact) mass is 411 g/mol. The first kappa shape index (κ1) is 20.9. The SMILES string of the molecule is C=C1CCC(N2Cc3cc(O[C@H]4CCCCC[C@H]4NCCC)ccc3C2=O)C(=O)N1. The van der Waals surface area contributed by atoms with Gasteiger partial charge in [0.25, 0.3) is 5.91 Å². The molecule has 2 N–H and O–H groups in total. The summed E-state index contributed by atoms with van der Waals surface area (Å²) in [7, 11) is 0. The largest absolute Gasteiger partial charge is 0.489 e. The lowest BCUT2D eigenvalue weighted by molar-refractivity contribution is -0.126. The third kappa shape index (κ3) is 4.38. The number of nitrogens with zero attached hydrogens (tertiary/aromatic N) is 1. The van der Waals surface area contributed by atoms with Crippen molar-refractivity contribution >= 4 is 11.8 Å². The van der Waals surface area contributed by atoms with Gasteiger partial charge in [0.05, 0.1) is 0 Å². The van der Waals surface area contributed by atoms with E-state index in [4.69, 9.17) is 4.74 Å². The predicted octanol–water partition coefficient (Wildman–Crippen LogP) is 3.51. The van der Waals surface area contributed by atoms with Gasteiger partial charge in [-0.2, -0.15) is 0 Å². The second-order valence-corrected chi connectivity index (χ2v) is 8.75. The molecule has 3 atom stereocenters. The van der Waals surface area contributed by atoms with Gasteiger partial charge in [-0.3, -0.25) is 9.59 Å². The van der Waals surface area contributed by atoms with Crippen molar-refractivity contribution < 1.29 is 14.3 Å². The summed E-state index contributed by atoms with van der Waals surface area (Å²) in [4.78, 5) is 27.0. The molecule has 0 spiro atoms. The Hall–Kier alpha value is -2.34. The number of fused-ring (bicyclic) bond motifs is 1. The van der Waals surface area contributed by atoms with Crippen molar-refractivity contribution in [2.24, 2.45) is 0 Å². The van der Waals surface area contributed by atoms with Crippen LogP contribution in [-0.2, 0) is 11.3 Å². The first-order valence-electron chi connectivity index (χ1n) is 11.4. The molecular weight excluding hydrogens is 378 g/mol. The Morgan fingerprint density at radius 3 is 2.83 bits per heavy atom. The smallest absolute Gasteiger partial charge is 0.255 e. The molecule has 0 bridgehead atoms. The number of amides is 2. The summed E-state index contributed by atoms with van der Waals surface area (Å²) in [5, 5.41) is 6.45. The van der Waals surface area contributed by atoms with Gasteiger partial charge in [-0.05, 0) is 68.8 Å². The highest BCUT2D eigenvalue weighted by Crippen LogP contribution is 2.32. The van der Waals surface area contributed by atoms with E-state index >= 15 is 0 Å². The van der Waals surface area contributed by atoms with Crippen molar-refractivity contribution in [1.82, 2.24) is 15.5 Å². The normalized spacial score (nSPS) is 26.9. The van der Waals surface area contributed by atoms with Gasteiger partial charge in [0, 0.05) is 23.8 Å². The summed E-state index contributed by atoms with van der Waals surface area (Å²) in [6.07, 6.45) is 8.48. The first-order chi connectivity index (χ1) is 14.6. The number of carbonyl (C=O) groups excluding carboxylic acids is 2. The molecule has 6 heteroatoms. The number of benzene rings is 1. The van der Waals surface area contributed by atoms with E-state index in [9.17, 15) is 9.59 Å². The van der Waals surface area contributed by atoms with Crippen LogP contribution in [0, 0.1) is 0 Å². The van der Waals surface area contributed by atoms with E-state index in [1.807, 2.05) is 18.2 Å². The number of rotatable bonds is 6. The maximum Gasteiger partial charge on any atom is 0.255 e. The third-order valence-corrected chi connectivity index (χ3v) is 6.50. The Kier molecular flexibility index (Phi) is 6.42. The van der Waals surface area contributed by atoms with E-state index < -0.39 is 6.04 Å². The maximum absolute atomic E-state index is 12.9. The highest BCUT2D eigenvalue weighted by molar-refractivity contribution is 6.01. The van der Waals surface area contributed by atoms with Gasteiger partial charge < -0.3 is 20.3 Å². The van der Waals surface area contributed by atoms with Crippen molar-refractivity contribution in [3.05, 3.63) is 41.6 Å². The minimum absolute atomic E-state index is 0.0684. The van der Waals surface area contributed by atoms with Crippen LogP contribution in [0.3, 0.4) is 0 Å². The number of nitrogens with one attached hydrogen (secondary N) is 2. The van der Waals surface area contributed by atoms with Gasteiger partial charge in [0.15, 0.2) is 0 Å². The standard InChI is InChI=1S/C24H33N3O3/c1-3-13-25-20-7-5-4-6-8-22(20)30-18-10-11-19-17(14-18)15-27(24(19)29)21-12-9-16(2)26-23(21)28/h10-11,14,20-22,25H,2-9,12-13,15H2,1H3,(H,26,28)/t20-,21?,22+/m1/s1. The van der Waals surface area contributed by atoms with Gasteiger partial charge in [-0.1, -0.05) is 26.3 Å². The van der Waals surface area contributed by atoms with E-state index in [1.54, 1.807) is 4.90 Å². The van der Waals surface area contributed by atoms with Crippen LogP contribution in [0.4, 0.5) is 0 Å². The van der Waals surface area contributed by atoms with E-state index in [2.05, 4.69) is 24.1 Å². The highest BCUT2D eigenvalue weighted by atomic mass is 16.5. The van der Waals surface area contributed by atoms with Crippen molar-refractivity contribution in [1.29, 1.82) is 0 Å². The molecule has 2 aliphatic heterocycles. The number of hydrogen-bond donors (Lipinski definition) is 2. The zero-order chi connectivity index (χ0) is 21.1. The van der Waals surface area contributed by atoms with Crippen LogP contribution < -0.4 is 15.4 Å². The molecule has 4 rings (SSSR count). The maximum atomic E-state index is 12.9. The summed E-state index contributed by atoms with van der Waals surface area (Å²) >= 11 is 0. The molecule has 0 radical (unpaired) electrons.